The number of esters is 1. The first-order chi connectivity index (χ1) is 27.5. The van der Waals surface area contributed by atoms with E-state index in [0.29, 0.717) is 15.6 Å². The molecule has 0 bridgehead atoms. The third-order valence-corrected chi connectivity index (χ3v) is 12.2. The molecule has 15 heteroatoms. The summed E-state index contributed by atoms with van der Waals surface area (Å²) in [7, 11) is -5.40. The lowest BCUT2D eigenvalue weighted by atomic mass is 9.87. The minimum Gasteiger partial charge on any atom is -0.457 e. The summed E-state index contributed by atoms with van der Waals surface area (Å²) in [6.07, 6.45) is 8.15. The van der Waals surface area contributed by atoms with E-state index in [4.69, 9.17) is 9.47 Å². The highest BCUT2D eigenvalue weighted by Gasteiger charge is 2.60. The molecule has 2 aliphatic rings. The summed E-state index contributed by atoms with van der Waals surface area (Å²) >= 11 is 0. The van der Waals surface area contributed by atoms with Crippen molar-refractivity contribution in [2.45, 2.75) is 74.8 Å². The van der Waals surface area contributed by atoms with E-state index in [2.05, 4.69) is 9.97 Å². The van der Waals surface area contributed by atoms with Crippen molar-refractivity contribution in [3.63, 3.8) is 0 Å². The number of benzene rings is 4. The van der Waals surface area contributed by atoms with E-state index in [1.807, 2.05) is 18.2 Å². The summed E-state index contributed by atoms with van der Waals surface area (Å²) in [5.74, 6) is -9.66. The van der Waals surface area contributed by atoms with Crippen molar-refractivity contribution in [2.75, 3.05) is 11.4 Å². The van der Waals surface area contributed by atoms with Gasteiger partial charge in [0.25, 0.3) is 15.9 Å². The number of sulfonamides is 1. The van der Waals surface area contributed by atoms with Crippen LogP contribution in [0.1, 0.15) is 77.3 Å². The molecule has 1 saturated carbocycles. The molecule has 0 unspecified atom stereocenters. The Morgan fingerprint density at radius 3 is 2.04 bits per heavy atom. The van der Waals surface area contributed by atoms with Gasteiger partial charge in [0.15, 0.2) is 22.3 Å². The van der Waals surface area contributed by atoms with Gasteiger partial charge >= 0.3 is 5.97 Å². The quantitative estimate of drug-likeness (QED) is 0.0509. The van der Waals surface area contributed by atoms with Crippen LogP contribution in [0, 0.1) is 23.3 Å². The van der Waals surface area contributed by atoms with Crippen molar-refractivity contribution < 1.29 is 45.0 Å². The molecule has 1 atom stereocenters. The van der Waals surface area contributed by atoms with Crippen LogP contribution in [0.2, 0.25) is 0 Å². The maximum Gasteiger partial charge on any atom is 0.338 e. The number of halogens is 4. The van der Waals surface area contributed by atoms with Gasteiger partial charge in [-0.15, -0.1) is 0 Å². The van der Waals surface area contributed by atoms with Crippen molar-refractivity contribution in [3.05, 3.63) is 155 Å². The molecule has 10 nitrogen and oxygen atoms in total. The van der Waals surface area contributed by atoms with E-state index < -0.39 is 62.3 Å². The number of carbonyl (C=O) groups is 2. The molecule has 0 radical (unpaired) electrons. The Labute approximate surface area is 327 Å². The Morgan fingerprint density at radius 2 is 1.44 bits per heavy atom. The molecule has 2 heterocycles. The van der Waals surface area contributed by atoms with Gasteiger partial charge in [0, 0.05) is 36.8 Å². The second-order valence-electron chi connectivity index (χ2n) is 14.0. The van der Waals surface area contributed by atoms with Gasteiger partial charge in [0.05, 0.1) is 36.3 Å². The first-order valence-corrected chi connectivity index (χ1v) is 19.9. The van der Waals surface area contributed by atoms with Crippen molar-refractivity contribution in [1.29, 1.82) is 0 Å². The van der Waals surface area contributed by atoms with E-state index in [1.165, 1.54) is 35.4 Å². The Balaban J connectivity index is 1.26. The van der Waals surface area contributed by atoms with Crippen LogP contribution >= 0.6 is 0 Å². The number of rotatable bonds is 13. The highest BCUT2D eigenvalue weighted by molar-refractivity contribution is 7.89. The maximum atomic E-state index is 15.1. The molecule has 2 fully saturated rings. The molecule has 1 amide bonds. The van der Waals surface area contributed by atoms with Crippen LogP contribution in [-0.4, -0.2) is 46.8 Å². The number of carbonyl (C=O) groups excluding carboxylic acids is 2. The van der Waals surface area contributed by atoms with E-state index in [1.54, 1.807) is 48.7 Å². The summed E-state index contributed by atoms with van der Waals surface area (Å²) in [5, 5.41) is 0. The zero-order valence-electron chi connectivity index (χ0n) is 30.6. The normalized spacial score (nSPS) is 17.5. The summed E-state index contributed by atoms with van der Waals surface area (Å²) in [4.78, 5) is 36.7. The molecule has 0 spiro atoms. The molecular formula is C42H38F4N4O6S. The van der Waals surface area contributed by atoms with Crippen LogP contribution in [-0.2, 0) is 44.1 Å². The Kier molecular flexibility index (Phi) is 11.8. The van der Waals surface area contributed by atoms with Crippen LogP contribution in [0.15, 0.2) is 108 Å². The lowest BCUT2D eigenvalue weighted by molar-refractivity contribution is -0.194. The molecule has 296 valence electrons. The zero-order chi connectivity index (χ0) is 40.2. The minimum absolute atomic E-state index is 0.0201. The lowest BCUT2D eigenvalue weighted by Gasteiger charge is -2.50. The third kappa shape index (κ3) is 8.31. The second kappa shape index (κ2) is 16.9. The molecule has 4 aromatic carbocycles. The molecule has 1 aliphatic carbocycles. The number of aromatic nitrogens is 2. The van der Waals surface area contributed by atoms with E-state index in [9.17, 15) is 22.0 Å². The maximum absolute atomic E-state index is 15.1. The molecule has 1 aliphatic heterocycles. The van der Waals surface area contributed by atoms with E-state index in [0.717, 1.165) is 43.4 Å². The van der Waals surface area contributed by atoms with Gasteiger partial charge in [0.1, 0.15) is 12.4 Å². The number of hydrogen-bond donors (Lipinski definition) is 0. The number of hydrogen-bond acceptors (Lipinski definition) is 8. The van der Waals surface area contributed by atoms with Gasteiger partial charge in [-0.1, -0.05) is 79.9 Å². The Morgan fingerprint density at radius 1 is 0.789 bits per heavy atom. The van der Waals surface area contributed by atoms with Gasteiger partial charge in [-0.3, -0.25) is 14.8 Å². The first kappa shape index (κ1) is 39.7. The Bertz CT molecular complexity index is 2330. The summed E-state index contributed by atoms with van der Waals surface area (Å²) in [6.45, 7) is -1.03. The van der Waals surface area contributed by atoms with Gasteiger partial charge in [-0.05, 0) is 48.2 Å². The lowest BCUT2D eigenvalue weighted by Crippen LogP contribution is -2.70. The average molecular weight is 803 g/mol. The molecule has 7 rings (SSSR count). The highest BCUT2D eigenvalue weighted by atomic mass is 32.2. The van der Waals surface area contributed by atoms with Crippen LogP contribution < -0.4 is 4.90 Å². The van der Waals surface area contributed by atoms with Crippen LogP contribution in [0.25, 0.3) is 0 Å². The largest absolute Gasteiger partial charge is 0.457 e. The van der Waals surface area contributed by atoms with E-state index in [-0.39, 0.29) is 49.4 Å². The fourth-order valence-electron chi connectivity index (χ4n) is 7.11. The van der Waals surface area contributed by atoms with Crippen LogP contribution in [0.5, 0.6) is 0 Å². The summed E-state index contributed by atoms with van der Waals surface area (Å²) in [6, 6.07) is 23.2. The molecule has 1 saturated heterocycles. The second-order valence-corrected chi connectivity index (χ2v) is 15.7. The number of anilines is 1. The average Bonchev–Trinajstić information content (AvgIpc) is 3.22. The summed E-state index contributed by atoms with van der Waals surface area (Å²) < 4.78 is 98.8. The summed E-state index contributed by atoms with van der Waals surface area (Å²) in [5.41, 5.74) is 0.345. The van der Waals surface area contributed by atoms with E-state index >= 15 is 13.6 Å². The topological polar surface area (TPSA) is 119 Å². The predicted molar refractivity (Wildman–Crippen MR) is 200 cm³/mol. The van der Waals surface area contributed by atoms with Gasteiger partial charge < -0.3 is 14.4 Å². The zero-order valence-corrected chi connectivity index (χ0v) is 31.4. The SMILES string of the molecule is O=C(OCc1ccccc1)c1ccc(N(Cc2cnc(C3CCCCC3)cn2)C(=O)[C@]2(OCc3ccccc3)CCN2S(=O)(=O)c2c(F)cc(F)c(F)c2F)cc1. The van der Waals surface area contributed by atoms with Gasteiger partial charge in [-0.25, -0.2) is 30.8 Å². The smallest absolute Gasteiger partial charge is 0.338 e. The monoisotopic (exact) mass is 802 g/mol. The van der Waals surface area contributed by atoms with Gasteiger partial charge in [-0.2, -0.15) is 4.31 Å². The number of nitrogens with zero attached hydrogens (tertiary/aromatic N) is 4. The fourth-order valence-corrected chi connectivity index (χ4v) is 8.89. The van der Waals surface area contributed by atoms with Crippen molar-refractivity contribution in [1.82, 2.24) is 14.3 Å². The van der Waals surface area contributed by atoms with Gasteiger partial charge in [0.2, 0.25) is 5.72 Å². The van der Waals surface area contributed by atoms with Crippen molar-refractivity contribution in [2.24, 2.45) is 0 Å². The molecule has 1 aromatic heterocycles. The fraction of sp³-hybridized carbons (Fsp3) is 0.286. The third-order valence-electron chi connectivity index (χ3n) is 10.3. The highest BCUT2D eigenvalue weighted by Crippen LogP contribution is 2.42. The van der Waals surface area contributed by atoms with Crippen molar-refractivity contribution >= 4 is 27.6 Å². The number of ether oxygens (including phenoxy) is 2. The predicted octanol–water partition coefficient (Wildman–Crippen LogP) is 7.98. The Hall–Kier alpha value is -5.51. The van der Waals surface area contributed by atoms with Crippen LogP contribution in [0.3, 0.4) is 0 Å². The first-order valence-electron chi connectivity index (χ1n) is 18.5. The van der Waals surface area contributed by atoms with Crippen molar-refractivity contribution in [3.8, 4) is 0 Å². The molecule has 0 N–H and O–H groups in total. The van der Waals surface area contributed by atoms with Crippen LogP contribution in [0.4, 0.5) is 23.2 Å². The molecule has 5 aromatic rings. The number of amides is 1. The molecule has 57 heavy (non-hydrogen) atoms. The minimum atomic E-state index is -5.40. The molecular weight excluding hydrogens is 765 g/mol. The standard InChI is InChI=1S/C42H38F4N4O6S/c43-34-22-35(44)39(38(46)37(34)45)57(53,54)50-21-20-42(50,56-27-29-12-6-2-7-13-29)41(52)49(25-32-23-48-36(24-47-32)30-14-8-3-9-15-30)33-18-16-31(17-19-33)40(51)55-26-28-10-4-1-5-11-28/h1-2,4-7,10-13,16-19,22-24,30H,3,8-9,14-15,20-21,25-27H2/t42-/m1/s1.